The molecule has 4 nitrogen and oxygen atoms in total. The molecule has 0 amide bonds. The average Bonchev–Trinajstić information content (AvgIpc) is 2.39. The number of morpholine rings is 1. The van der Waals surface area contributed by atoms with Crippen LogP contribution in [0.15, 0.2) is 10.9 Å². The number of aryl methyl sites for hydroxylation is 2. The Bertz CT molecular complexity index is 489. The third-order valence-electron chi connectivity index (χ3n) is 4.09. The molecule has 98 valence electrons. The number of hydrogen-bond donors (Lipinski definition) is 1. The second-order valence-electron chi connectivity index (χ2n) is 5.32. The molecule has 1 aliphatic heterocycles. The SMILES string of the molecule is Cc1cc(=O)c2c([nH]1)CCC(N1CCOCC1)C2. The molecule has 2 heterocycles. The van der Waals surface area contributed by atoms with Gasteiger partial charge in [-0.15, -0.1) is 0 Å². The Hall–Kier alpha value is -1.13. The van der Waals surface area contributed by atoms with E-state index in [4.69, 9.17) is 4.74 Å². The van der Waals surface area contributed by atoms with Gasteiger partial charge >= 0.3 is 0 Å². The van der Waals surface area contributed by atoms with Gasteiger partial charge in [0.1, 0.15) is 0 Å². The smallest absolute Gasteiger partial charge is 0.185 e. The van der Waals surface area contributed by atoms with Crippen molar-refractivity contribution in [2.45, 2.75) is 32.2 Å². The van der Waals surface area contributed by atoms with Crippen LogP contribution in [0.1, 0.15) is 23.4 Å². The van der Waals surface area contributed by atoms with Crippen molar-refractivity contribution in [2.75, 3.05) is 26.3 Å². The van der Waals surface area contributed by atoms with E-state index in [0.29, 0.717) is 6.04 Å². The van der Waals surface area contributed by atoms with Crippen molar-refractivity contribution in [1.82, 2.24) is 9.88 Å². The van der Waals surface area contributed by atoms with Gasteiger partial charge in [0.15, 0.2) is 5.43 Å². The summed E-state index contributed by atoms with van der Waals surface area (Å²) in [6, 6.07) is 2.24. The maximum atomic E-state index is 12.0. The highest BCUT2D eigenvalue weighted by atomic mass is 16.5. The summed E-state index contributed by atoms with van der Waals surface area (Å²) in [7, 11) is 0. The topological polar surface area (TPSA) is 45.3 Å². The van der Waals surface area contributed by atoms with Crippen LogP contribution in [0.5, 0.6) is 0 Å². The van der Waals surface area contributed by atoms with E-state index in [0.717, 1.165) is 62.5 Å². The van der Waals surface area contributed by atoms with Crippen LogP contribution in [0, 0.1) is 6.92 Å². The minimum absolute atomic E-state index is 0.208. The van der Waals surface area contributed by atoms with Crippen molar-refractivity contribution in [3.8, 4) is 0 Å². The third-order valence-corrected chi connectivity index (χ3v) is 4.09. The first kappa shape index (κ1) is 11.9. The van der Waals surface area contributed by atoms with E-state index < -0.39 is 0 Å². The number of aromatic amines is 1. The number of nitrogens with zero attached hydrogens (tertiary/aromatic N) is 1. The van der Waals surface area contributed by atoms with Crippen molar-refractivity contribution in [3.05, 3.63) is 33.2 Å². The molecule has 2 aliphatic rings. The summed E-state index contributed by atoms with van der Waals surface area (Å²) in [4.78, 5) is 17.9. The summed E-state index contributed by atoms with van der Waals surface area (Å²) >= 11 is 0. The molecule has 1 N–H and O–H groups in total. The molecule has 1 aromatic rings. The van der Waals surface area contributed by atoms with Crippen LogP contribution in [0.2, 0.25) is 0 Å². The van der Waals surface area contributed by atoms with E-state index >= 15 is 0 Å². The lowest BCUT2D eigenvalue weighted by molar-refractivity contribution is 0.0135. The zero-order chi connectivity index (χ0) is 12.5. The zero-order valence-electron chi connectivity index (χ0n) is 10.9. The molecular weight excluding hydrogens is 228 g/mol. The highest BCUT2D eigenvalue weighted by Gasteiger charge is 2.27. The van der Waals surface area contributed by atoms with Crippen LogP contribution in [-0.4, -0.2) is 42.2 Å². The maximum Gasteiger partial charge on any atom is 0.185 e. The average molecular weight is 248 g/mol. The zero-order valence-corrected chi connectivity index (χ0v) is 10.9. The second-order valence-corrected chi connectivity index (χ2v) is 5.32. The molecule has 1 unspecified atom stereocenters. The van der Waals surface area contributed by atoms with E-state index in [1.807, 2.05) is 6.92 Å². The Morgan fingerprint density at radius 2 is 2.17 bits per heavy atom. The molecule has 0 radical (unpaired) electrons. The number of pyridine rings is 1. The van der Waals surface area contributed by atoms with Crippen LogP contribution in [0.4, 0.5) is 0 Å². The highest BCUT2D eigenvalue weighted by Crippen LogP contribution is 2.22. The number of hydrogen-bond acceptors (Lipinski definition) is 3. The molecule has 0 bridgehead atoms. The summed E-state index contributed by atoms with van der Waals surface area (Å²) in [5.41, 5.74) is 3.34. The molecule has 1 saturated heterocycles. The number of ether oxygens (including phenoxy) is 1. The van der Waals surface area contributed by atoms with E-state index in [2.05, 4.69) is 9.88 Å². The number of nitrogens with one attached hydrogen (secondary N) is 1. The monoisotopic (exact) mass is 248 g/mol. The molecule has 1 aliphatic carbocycles. The molecule has 3 rings (SSSR count). The lowest BCUT2D eigenvalue weighted by Crippen LogP contribution is -2.46. The van der Waals surface area contributed by atoms with Crippen molar-refractivity contribution in [1.29, 1.82) is 0 Å². The Morgan fingerprint density at radius 3 is 2.94 bits per heavy atom. The fourth-order valence-electron chi connectivity index (χ4n) is 3.12. The minimum atomic E-state index is 0.208. The molecular formula is C14H20N2O2. The third kappa shape index (κ3) is 2.22. The number of H-pyrrole nitrogens is 1. The van der Waals surface area contributed by atoms with E-state index in [-0.39, 0.29) is 5.43 Å². The van der Waals surface area contributed by atoms with Crippen LogP contribution >= 0.6 is 0 Å². The predicted molar refractivity (Wildman–Crippen MR) is 70.0 cm³/mol. The van der Waals surface area contributed by atoms with Gasteiger partial charge in [-0.2, -0.15) is 0 Å². The molecule has 0 saturated carbocycles. The van der Waals surface area contributed by atoms with Crippen molar-refractivity contribution in [3.63, 3.8) is 0 Å². The first-order valence-corrected chi connectivity index (χ1v) is 6.77. The first-order chi connectivity index (χ1) is 8.74. The van der Waals surface area contributed by atoms with Gasteiger partial charge in [-0.3, -0.25) is 9.69 Å². The second kappa shape index (κ2) is 4.86. The standard InChI is InChI=1S/C14H20N2O2/c1-10-8-14(17)12-9-11(2-3-13(12)15-10)16-4-6-18-7-5-16/h8,11H,2-7,9H2,1H3,(H,15,17). The van der Waals surface area contributed by atoms with E-state index in [9.17, 15) is 4.79 Å². The van der Waals surface area contributed by atoms with Gasteiger partial charge in [-0.25, -0.2) is 0 Å². The normalized spacial score (nSPS) is 24.8. The number of rotatable bonds is 1. The maximum absolute atomic E-state index is 12.0. The van der Waals surface area contributed by atoms with Gasteiger partial charge in [0.05, 0.1) is 13.2 Å². The predicted octanol–water partition coefficient (Wildman–Crippen LogP) is 0.873. The molecule has 18 heavy (non-hydrogen) atoms. The molecule has 4 heteroatoms. The Balaban J connectivity index is 1.82. The fourth-order valence-corrected chi connectivity index (χ4v) is 3.12. The quantitative estimate of drug-likeness (QED) is 0.802. The van der Waals surface area contributed by atoms with Crippen LogP contribution < -0.4 is 5.43 Å². The summed E-state index contributed by atoms with van der Waals surface area (Å²) in [6.45, 7) is 5.62. The Kier molecular flexibility index (Phi) is 3.22. The molecule has 0 spiro atoms. The lowest BCUT2D eigenvalue weighted by Gasteiger charge is -2.37. The van der Waals surface area contributed by atoms with Gasteiger partial charge < -0.3 is 9.72 Å². The van der Waals surface area contributed by atoms with Crippen LogP contribution in [-0.2, 0) is 17.6 Å². The number of aromatic nitrogens is 1. The van der Waals surface area contributed by atoms with Gasteiger partial charge in [0.2, 0.25) is 0 Å². The summed E-state index contributed by atoms with van der Waals surface area (Å²) < 4.78 is 5.39. The van der Waals surface area contributed by atoms with Crippen molar-refractivity contribution >= 4 is 0 Å². The number of fused-ring (bicyclic) bond motifs is 1. The van der Waals surface area contributed by atoms with Gasteiger partial charge in [-0.05, 0) is 26.2 Å². The molecule has 1 fully saturated rings. The molecule has 1 atom stereocenters. The van der Waals surface area contributed by atoms with Gasteiger partial charge in [-0.1, -0.05) is 0 Å². The van der Waals surface area contributed by atoms with Gasteiger partial charge in [0, 0.05) is 42.1 Å². The van der Waals surface area contributed by atoms with Crippen molar-refractivity contribution < 1.29 is 4.74 Å². The molecule has 0 aromatic carbocycles. The minimum Gasteiger partial charge on any atom is -0.379 e. The fraction of sp³-hybridized carbons (Fsp3) is 0.643. The highest BCUT2D eigenvalue weighted by molar-refractivity contribution is 5.26. The van der Waals surface area contributed by atoms with Gasteiger partial charge in [0.25, 0.3) is 0 Å². The molecule has 1 aromatic heterocycles. The van der Waals surface area contributed by atoms with E-state index in [1.165, 1.54) is 0 Å². The summed E-state index contributed by atoms with van der Waals surface area (Å²) in [5.74, 6) is 0. The van der Waals surface area contributed by atoms with Crippen LogP contribution in [0.25, 0.3) is 0 Å². The Labute approximate surface area is 107 Å². The van der Waals surface area contributed by atoms with E-state index in [1.54, 1.807) is 6.07 Å². The Morgan fingerprint density at radius 1 is 1.39 bits per heavy atom. The van der Waals surface area contributed by atoms with Crippen molar-refractivity contribution in [2.24, 2.45) is 0 Å². The summed E-state index contributed by atoms with van der Waals surface area (Å²) in [6.07, 6.45) is 3.03. The van der Waals surface area contributed by atoms with Crippen LogP contribution in [0.3, 0.4) is 0 Å². The largest absolute Gasteiger partial charge is 0.379 e. The first-order valence-electron chi connectivity index (χ1n) is 6.77. The summed E-state index contributed by atoms with van der Waals surface area (Å²) in [5, 5.41) is 0. The lowest BCUT2D eigenvalue weighted by atomic mass is 9.90.